The number of esters is 1. The first-order valence-corrected chi connectivity index (χ1v) is 16.6. The summed E-state index contributed by atoms with van der Waals surface area (Å²) in [5, 5.41) is 8.07. The topological polar surface area (TPSA) is 114 Å². The van der Waals surface area contributed by atoms with Gasteiger partial charge in [0.1, 0.15) is 5.70 Å². The van der Waals surface area contributed by atoms with E-state index < -0.39 is 23.0 Å². The molecule has 246 valence electrons. The normalized spacial score (nSPS) is 11.6. The van der Waals surface area contributed by atoms with Gasteiger partial charge in [0.2, 0.25) is 5.91 Å². The first kappa shape index (κ1) is 34.4. The number of benzene rings is 5. The third kappa shape index (κ3) is 9.79. The van der Waals surface area contributed by atoms with Crippen LogP contribution in [0.5, 0.6) is 0 Å². The molecule has 0 aliphatic carbocycles. The number of rotatable bonds is 12. The summed E-state index contributed by atoms with van der Waals surface area (Å²) in [5.74, 6) is -1.51. The van der Waals surface area contributed by atoms with Crippen LogP contribution in [0.15, 0.2) is 144 Å². The molecule has 0 fully saturated rings. The van der Waals surface area contributed by atoms with Crippen LogP contribution in [0.25, 0.3) is 17.2 Å². The Morgan fingerprint density at radius 1 is 0.673 bits per heavy atom. The molecule has 1 atom stereocenters. The molecular formula is C40H35N3O5S. The Kier molecular flexibility index (Phi) is 11.8. The van der Waals surface area contributed by atoms with Crippen molar-refractivity contribution in [3.05, 3.63) is 156 Å². The van der Waals surface area contributed by atoms with Crippen molar-refractivity contribution in [3.8, 4) is 11.1 Å². The molecule has 9 heteroatoms. The number of amides is 3. The maximum Gasteiger partial charge on any atom is 0.338 e. The van der Waals surface area contributed by atoms with Crippen molar-refractivity contribution in [2.24, 2.45) is 0 Å². The maximum atomic E-state index is 13.5. The van der Waals surface area contributed by atoms with Gasteiger partial charge in [-0.05, 0) is 97.3 Å². The van der Waals surface area contributed by atoms with E-state index in [0.29, 0.717) is 22.5 Å². The average Bonchev–Trinajstić information content (AvgIpc) is 3.13. The van der Waals surface area contributed by atoms with Gasteiger partial charge in [-0.1, -0.05) is 72.8 Å². The quantitative estimate of drug-likeness (QED) is 0.0704. The lowest BCUT2D eigenvalue weighted by molar-refractivity contribution is -0.115. The van der Waals surface area contributed by atoms with E-state index in [2.05, 4.69) is 16.0 Å². The molecule has 5 rings (SSSR count). The van der Waals surface area contributed by atoms with Gasteiger partial charge in [0, 0.05) is 21.8 Å². The van der Waals surface area contributed by atoms with Gasteiger partial charge in [-0.25, -0.2) is 4.79 Å². The molecule has 0 saturated heterocycles. The zero-order chi connectivity index (χ0) is 34.6. The molecule has 5 aromatic rings. The molecule has 49 heavy (non-hydrogen) atoms. The molecule has 1 unspecified atom stereocenters. The first-order valence-electron chi connectivity index (χ1n) is 15.7. The lowest BCUT2D eigenvalue weighted by atomic mass is 10.0. The smallest absolute Gasteiger partial charge is 0.338 e. The lowest BCUT2D eigenvalue weighted by Crippen LogP contribution is -2.30. The molecule has 0 aliphatic heterocycles. The summed E-state index contributed by atoms with van der Waals surface area (Å²) in [5.41, 5.74) is 4.86. The monoisotopic (exact) mass is 669 g/mol. The Morgan fingerprint density at radius 2 is 1.24 bits per heavy atom. The molecule has 0 heterocycles. The summed E-state index contributed by atoms with van der Waals surface area (Å²) in [4.78, 5) is 52.1. The van der Waals surface area contributed by atoms with Crippen LogP contribution in [-0.2, 0) is 14.3 Å². The van der Waals surface area contributed by atoms with E-state index in [1.165, 1.54) is 11.8 Å². The fourth-order valence-electron chi connectivity index (χ4n) is 4.73. The Bertz CT molecular complexity index is 1930. The molecule has 5 aromatic carbocycles. The van der Waals surface area contributed by atoms with Gasteiger partial charge >= 0.3 is 5.97 Å². The van der Waals surface area contributed by atoms with E-state index in [0.717, 1.165) is 21.6 Å². The molecule has 0 spiro atoms. The number of anilines is 2. The Labute approximate surface area is 289 Å². The molecule has 0 bridgehead atoms. The highest BCUT2D eigenvalue weighted by molar-refractivity contribution is 8.00. The van der Waals surface area contributed by atoms with Gasteiger partial charge in [-0.15, -0.1) is 11.8 Å². The average molecular weight is 670 g/mol. The number of hydrogen-bond donors (Lipinski definition) is 3. The number of hydrogen-bond acceptors (Lipinski definition) is 6. The van der Waals surface area contributed by atoms with Crippen molar-refractivity contribution in [1.29, 1.82) is 0 Å². The van der Waals surface area contributed by atoms with Crippen molar-refractivity contribution in [1.82, 2.24) is 5.32 Å². The number of thioether (sulfide) groups is 1. The SMILES string of the molecule is CCOC(=O)c1ccc(NC(=O)C(C)Sc2ccc(NC(=O)/C(=C/c3ccc(-c4ccccc4)cc3)NC(=O)c3ccccc3)cc2)cc1. The highest BCUT2D eigenvalue weighted by Crippen LogP contribution is 2.26. The van der Waals surface area contributed by atoms with Crippen molar-refractivity contribution < 1.29 is 23.9 Å². The van der Waals surface area contributed by atoms with Crippen LogP contribution in [0.3, 0.4) is 0 Å². The van der Waals surface area contributed by atoms with Gasteiger partial charge in [-0.3, -0.25) is 14.4 Å². The largest absolute Gasteiger partial charge is 0.462 e. The van der Waals surface area contributed by atoms with Gasteiger partial charge in [0.05, 0.1) is 17.4 Å². The predicted molar refractivity (Wildman–Crippen MR) is 195 cm³/mol. The molecule has 0 radical (unpaired) electrons. The van der Waals surface area contributed by atoms with Crippen molar-refractivity contribution in [2.45, 2.75) is 24.0 Å². The molecule has 0 aromatic heterocycles. The third-order valence-electron chi connectivity index (χ3n) is 7.32. The minimum Gasteiger partial charge on any atom is -0.462 e. The number of carbonyl (C=O) groups excluding carboxylic acids is 4. The lowest BCUT2D eigenvalue weighted by Gasteiger charge is -2.14. The predicted octanol–water partition coefficient (Wildman–Crippen LogP) is 8.06. The van der Waals surface area contributed by atoms with Crippen LogP contribution >= 0.6 is 11.8 Å². The van der Waals surface area contributed by atoms with E-state index in [9.17, 15) is 19.2 Å². The van der Waals surface area contributed by atoms with Crippen LogP contribution in [0.1, 0.15) is 40.1 Å². The van der Waals surface area contributed by atoms with Crippen LogP contribution in [0.4, 0.5) is 11.4 Å². The summed E-state index contributed by atoms with van der Waals surface area (Å²) in [6.45, 7) is 3.82. The second kappa shape index (κ2) is 16.8. The minimum absolute atomic E-state index is 0.0837. The van der Waals surface area contributed by atoms with Crippen molar-refractivity contribution >= 4 is 52.9 Å². The van der Waals surface area contributed by atoms with Crippen LogP contribution in [-0.4, -0.2) is 35.5 Å². The summed E-state index contributed by atoms with van der Waals surface area (Å²) in [7, 11) is 0. The molecule has 0 aliphatic rings. The van der Waals surface area contributed by atoms with Gasteiger partial charge in [0.25, 0.3) is 11.8 Å². The summed E-state index contributed by atoms with van der Waals surface area (Å²) in [6, 6.07) is 40.0. The van der Waals surface area contributed by atoms with E-state index >= 15 is 0 Å². The second-order valence-electron chi connectivity index (χ2n) is 10.9. The van der Waals surface area contributed by atoms with Gasteiger partial charge in [0.15, 0.2) is 0 Å². The second-order valence-corrected chi connectivity index (χ2v) is 12.3. The maximum absolute atomic E-state index is 13.5. The van der Waals surface area contributed by atoms with Crippen LogP contribution in [0.2, 0.25) is 0 Å². The zero-order valence-electron chi connectivity index (χ0n) is 27.0. The highest BCUT2D eigenvalue weighted by Gasteiger charge is 2.17. The fourth-order valence-corrected chi connectivity index (χ4v) is 5.60. The fraction of sp³-hybridized carbons (Fsp3) is 0.100. The minimum atomic E-state index is -0.487. The zero-order valence-corrected chi connectivity index (χ0v) is 27.8. The first-order chi connectivity index (χ1) is 23.8. The summed E-state index contributed by atoms with van der Waals surface area (Å²) >= 11 is 1.36. The standard InChI is InChI=1S/C40H35N3O5S/c1-3-48-40(47)32-18-20-33(21-19-32)41-37(44)27(2)49-35-24-22-34(23-25-35)42-39(46)36(43-38(45)31-12-8-5-9-13-31)26-28-14-16-30(17-15-28)29-10-6-4-7-11-29/h4-27H,3H2,1-2H3,(H,41,44)(H,42,46)(H,43,45)/b36-26-. The van der Waals surface area contributed by atoms with E-state index in [1.54, 1.807) is 80.6 Å². The van der Waals surface area contributed by atoms with E-state index in [4.69, 9.17) is 4.74 Å². The summed E-state index contributed by atoms with van der Waals surface area (Å²) in [6.07, 6.45) is 1.64. The Morgan fingerprint density at radius 3 is 1.88 bits per heavy atom. The Balaban J connectivity index is 1.24. The number of ether oxygens (including phenoxy) is 1. The van der Waals surface area contributed by atoms with Crippen LogP contribution < -0.4 is 16.0 Å². The molecule has 3 amide bonds. The van der Waals surface area contributed by atoms with E-state index in [1.807, 2.05) is 72.8 Å². The van der Waals surface area contributed by atoms with Gasteiger partial charge in [-0.2, -0.15) is 0 Å². The Hall–Kier alpha value is -5.93. The number of carbonyl (C=O) groups is 4. The highest BCUT2D eigenvalue weighted by atomic mass is 32.2. The van der Waals surface area contributed by atoms with Crippen molar-refractivity contribution in [3.63, 3.8) is 0 Å². The third-order valence-corrected chi connectivity index (χ3v) is 8.43. The molecule has 8 nitrogen and oxygen atoms in total. The number of nitrogens with one attached hydrogen (secondary N) is 3. The van der Waals surface area contributed by atoms with Gasteiger partial charge < -0.3 is 20.7 Å². The van der Waals surface area contributed by atoms with Crippen molar-refractivity contribution in [2.75, 3.05) is 17.2 Å². The van der Waals surface area contributed by atoms with E-state index in [-0.39, 0.29) is 18.2 Å². The molecule has 3 N–H and O–H groups in total. The summed E-state index contributed by atoms with van der Waals surface area (Å²) < 4.78 is 4.99. The molecular weight excluding hydrogens is 635 g/mol. The van der Waals surface area contributed by atoms with Crippen LogP contribution in [0, 0.1) is 0 Å². The molecule has 0 saturated carbocycles.